The fourth-order valence-electron chi connectivity index (χ4n) is 9.82. The Balaban J connectivity index is 1.41. The average molecular weight is 902 g/mol. The molecule has 0 spiro atoms. The molecule has 1 amide bonds. The van der Waals surface area contributed by atoms with Crippen LogP contribution in [0.4, 0.5) is 10.5 Å². The van der Waals surface area contributed by atoms with E-state index in [-0.39, 0.29) is 62.9 Å². The number of carbonyl (C=O) groups is 2. The Bertz CT molecular complexity index is 2350. The lowest BCUT2D eigenvalue weighted by Gasteiger charge is -2.59. The molecule has 1 saturated carbocycles. The van der Waals surface area contributed by atoms with E-state index in [1.807, 2.05) is 55.5 Å². The fourth-order valence-corrected chi connectivity index (χ4v) is 9.82. The van der Waals surface area contributed by atoms with Crippen LogP contribution in [0.3, 0.4) is 0 Å². The number of allylic oxidation sites excluding steroid dienone is 1. The summed E-state index contributed by atoms with van der Waals surface area (Å²) in [4.78, 5) is 45.1. The number of aldehydes is 1. The van der Waals surface area contributed by atoms with Crippen LogP contribution in [0.1, 0.15) is 91.3 Å². The van der Waals surface area contributed by atoms with E-state index in [4.69, 9.17) is 28.9 Å². The summed E-state index contributed by atoms with van der Waals surface area (Å²) in [7, 11) is 0. The third-order valence-electron chi connectivity index (χ3n) is 12.7. The van der Waals surface area contributed by atoms with Gasteiger partial charge in [-0.3, -0.25) is 19.8 Å². The first-order valence-electron chi connectivity index (χ1n) is 22.9. The molecular weight excluding hydrogens is 843 g/mol. The van der Waals surface area contributed by atoms with Gasteiger partial charge in [-0.15, -0.1) is 6.58 Å². The highest BCUT2D eigenvalue weighted by molar-refractivity contribution is 6.03. The Labute approximate surface area is 385 Å². The summed E-state index contributed by atoms with van der Waals surface area (Å²) in [5, 5.41) is 36.2. The number of ether oxygens (including phenoxy) is 4. The largest absolute Gasteiger partial charge is 0.459 e. The molecule has 1 heterocycles. The van der Waals surface area contributed by atoms with Gasteiger partial charge in [-0.25, -0.2) is 4.79 Å². The monoisotopic (exact) mass is 901 g/mol. The van der Waals surface area contributed by atoms with Crippen molar-refractivity contribution < 1.29 is 48.5 Å². The van der Waals surface area contributed by atoms with Crippen LogP contribution in [0.15, 0.2) is 127 Å². The van der Waals surface area contributed by atoms with Crippen molar-refractivity contribution in [2.24, 2.45) is 22.9 Å². The highest BCUT2D eigenvalue weighted by Gasteiger charge is 2.65. The van der Waals surface area contributed by atoms with Crippen LogP contribution >= 0.6 is 0 Å². The molecule has 1 fully saturated rings. The first-order valence-corrected chi connectivity index (χ1v) is 22.9. The van der Waals surface area contributed by atoms with Gasteiger partial charge in [-0.05, 0) is 103 Å². The molecule has 2 aliphatic carbocycles. The predicted molar refractivity (Wildman–Crippen MR) is 248 cm³/mol. The van der Waals surface area contributed by atoms with E-state index in [0.717, 1.165) is 48.7 Å². The number of aliphatic hydroxyl groups excluding tert-OH is 2. The maximum atomic E-state index is 14.6. The first kappa shape index (κ1) is 47.6. The van der Waals surface area contributed by atoms with Gasteiger partial charge in [-0.1, -0.05) is 79.5 Å². The summed E-state index contributed by atoms with van der Waals surface area (Å²) >= 11 is 0. The number of amides is 1. The Hall–Kier alpha value is -6.35. The van der Waals surface area contributed by atoms with Crippen LogP contribution in [-0.4, -0.2) is 76.3 Å². The molecule has 0 unspecified atom stereocenters. The third kappa shape index (κ3) is 10.8. The number of unbranched alkanes of at least 4 members (excludes halogenated alkanes) is 2. The van der Waals surface area contributed by atoms with Gasteiger partial charge in [0.2, 0.25) is 5.79 Å². The SMILES string of the molecule is C=CCO[C@@]12Oc3ccc(Oc4cccc(C=O)c4)cc3[C@H]3[C@H](CCCCO)[C@@H](CCCCO)C=C(C(=NOCc4ccc([N+](=O)[O-])cc4)C[C@@H]1N(CCC)C(=O)OCc1ccccc1)[C@H]32. The number of nitro groups is 1. The fraction of sp³-hybridized carbons (Fsp3) is 0.404. The van der Waals surface area contributed by atoms with Crippen molar-refractivity contribution in [2.45, 2.75) is 89.3 Å². The summed E-state index contributed by atoms with van der Waals surface area (Å²) in [5.74, 6) is -0.840. The van der Waals surface area contributed by atoms with Gasteiger partial charge in [0.15, 0.2) is 0 Å². The number of benzene rings is 4. The van der Waals surface area contributed by atoms with Crippen LogP contribution in [0, 0.1) is 27.9 Å². The van der Waals surface area contributed by atoms with Crippen molar-refractivity contribution in [2.75, 3.05) is 26.4 Å². The van der Waals surface area contributed by atoms with E-state index in [2.05, 4.69) is 12.7 Å². The topological polar surface area (TPSA) is 179 Å². The van der Waals surface area contributed by atoms with E-state index >= 15 is 0 Å². The molecule has 0 bridgehead atoms. The number of rotatable bonds is 23. The highest BCUT2D eigenvalue weighted by Crippen LogP contribution is 2.62. The lowest BCUT2D eigenvalue weighted by Crippen LogP contribution is -2.70. The summed E-state index contributed by atoms with van der Waals surface area (Å²) in [6, 6.07) is 27.4. The van der Waals surface area contributed by atoms with E-state index in [0.29, 0.717) is 59.9 Å². The highest BCUT2D eigenvalue weighted by atomic mass is 16.7. The predicted octanol–water partition coefficient (Wildman–Crippen LogP) is 10.1. The zero-order valence-electron chi connectivity index (χ0n) is 37.4. The summed E-state index contributed by atoms with van der Waals surface area (Å²) in [6.45, 7) is 6.59. The van der Waals surface area contributed by atoms with Gasteiger partial charge < -0.3 is 34.0 Å². The molecule has 66 heavy (non-hydrogen) atoms. The second-order valence-corrected chi connectivity index (χ2v) is 17.0. The van der Waals surface area contributed by atoms with E-state index < -0.39 is 28.8 Å². The van der Waals surface area contributed by atoms with Gasteiger partial charge in [0.05, 0.1) is 23.2 Å². The van der Waals surface area contributed by atoms with Crippen molar-refractivity contribution in [1.82, 2.24) is 4.90 Å². The minimum atomic E-state index is -1.50. The minimum Gasteiger partial charge on any atom is -0.459 e. The van der Waals surface area contributed by atoms with Crippen LogP contribution in [0.25, 0.3) is 0 Å². The molecule has 3 aliphatic rings. The summed E-state index contributed by atoms with van der Waals surface area (Å²) < 4.78 is 26.9. The molecule has 0 aromatic heterocycles. The van der Waals surface area contributed by atoms with Crippen molar-refractivity contribution in [3.05, 3.63) is 154 Å². The first-order chi connectivity index (χ1) is 32.2. The Morgan fingerprint density at radius 1 is 0.939 bits per heavy atom. The van der Waals surface area contributed by atoms with Crippen molar-refractivity contribution in [3.8, 4) is 17.2 Å². The minimum absolute atomic E-state index is 0.0117. The third-order valence-corrected chi connectivity index (χ3v) is 12.7. The number of nitrogens with zero attached hydrogens (tertiary/aromatic N) is 3. The smallest absolute Gasteiger partial charge is 0.410 e. The standard InChI is InChI=1S/C52H59N3O11/c1-3-25-54(51(59)62-34-36-13-6-5-7-14-36)48-32-46(53-64-35-37-19-21-40(22-20-37)55(60)61)44-30-39(16-8-10-26-56)43(18-9-11-27-57)49-45-31-42(65-41-17-12-15-38(29-41)33-58)23-24-47(45)66-52(48,50(44)49)63-28-4-2/h4-7,12-15,17,19-24,29-31,33,39,43,48-50,56-57H,2-3,8-11,16,18,25-28,32,34-35H2,1H3/t39-,43+,48-,49+,50+,52+/m0/s1. The van der Waals surface area contributed by atoms with Crippen LogP contribution in [0.5, 0.6) is 17.2 Å². The van der Waals surface area contributed by atoms with E-state index in [1.165, 1.54) is 12.1 Å². The molecule has 14 heteroatoms. The molecule has 0 saturated heterocycles. The lowest BCUT2D eigenvalue weighted by molar-refractivity contribution is -0.384. The number of hydrogen-bond donors (Lipinski definition) is 2. The number of aliphatic hydroxyl groups is 2. The summed E-state index contributed by atoms with van der Waals surface area (Å²) in [5.41, 5.74) is 4.27. The number of fused-ring (bicyclic) bond motifs is 2. The Morgan fingerprint density at radius 2 is 1.68 bits per heavy atom. The number of oxime groups is 1. The molecule has 4 aromatic carbocycles. The lowest BCUT2D eigenvalue weighted by atomic mass is 9.55. The zero-order chi connectivity index (χ0) is 46.5. The second kappa shape index (κ2) is 22.7. The number of non-ortho nitro benzene ring substituents is 1. The van der Waals surface area contributed by atoms with Crippen molar-refractivity contribution >= 4 is 23.8 Å². The van der Waals surface area contributed by atoms with Gasteiger partial charge >= 0.3 is 6.09 Å². The quantitative estimate of drug-likeness (QED) is 0.0238. The number of nitro benzene ring substituents is 1. The second-order valence-electron chi connectivity index (χ2n) is 17.0. The molecule has 1 aliphatic heterocycles. The van der Waals surface area contributed by atoms with Crippen molar-refractivity contribution in [1.29, 1.82) is 0 Å². The molecule has 4 aromatic rings. The maximum absolute atomic E-state index is 14.6. The number of carbonyl (C=O) groups excluding carboxylic acids is 2. The van der Waals surface area contributed by atoms with Crippen LogP contribution in [0.2, 0.25) is 0 Å². The number of hydrogen-bond acceptors (Lipinski definition) is 12. The molecule has 348 valence electrons. The van der Waals surface area contributed by atoms with Gasteiger partial charge in [0, 0.05) is 55.4 Å². The summed E-state index contributed by atoms with van der Waals surface area (Å²) in [6.07, 6.45) is 9.14. The van der Waals surface area contributed by atoms with E-state index in [1.54, 1.807) is 47.4 Å². The van der Waals surface area contributed by atoms with Crippen molar-refractivity contribution in [3.63, 3.8) is 0 Å². The average Bonchev–Trinajstić information content (AvgIpc) is 3.33. The molecule has 6 atom stereocenters. The van der Waals surface area contributed by atoms with Gasteiger partial charge in [-0.2, -0.15) is 0 Å². The molecule has 0 radical (unpaired) electrons. The molecule has 14 nitrogen and oxygen atoms in total. The normalized spacial score (nSPS) is 22.2. The molecule has 7 rings (SSSR count). The van der Waals surface area contributed by atoms with E-state index in [9.17, 15) is 29.9 Å². The zero-order valence-corrected chi connectivity index (χ0v) is 37.4. The maximum Gasteiger partial charge on any atom is 0.410 e. The van der Waals surface area contributed by atoms with Crippen LogP contribution < -0.4 is 9.47 Å². The van der Waals surface area contributed by atoms with Crippen LogP contribution in [-0.2, 0) is 27.5 Å². The van der Waals surface area contributed by atoms with Gasteiger partial charge in [0.1, 0.15) is 42.8 Å². The Morgan fingerprint density at radius 3 is 2.39 bits per heavy atom. The molecular formula is C52H59N3O11. The Kier molecular flexibility index (Phi) is 16.4. The molecule has 2 N–H and O–H groups in total. The van der Waals surface area contributed by atoms with Gasteiger partial charge in [0.25, 0.3) is 5.69 Å².